The van der Waals surface area contributed by atoms with E-state index in [1.807, 2.05) is 25.1 Å². The Morgan fingerprint density at radius 2 is 2.05 bits per heavy atom. The van der Waals surface area contributed by atoms with Crippen LogP contribution in [0.15, 0.2) is 18.2 Å². The average molecular weight is 266 g/mol. The molecular weight excluding hydrogens is 244 g/mol. The lowest BCUT2D eigenvalue weighted by molar-refractivity contribution is -0.128. The Bertz CT molecular complexity index is 421. The molecule has 0 saturated carbocycles. The lowest BCUT2D eigenvalue weighted by Gasteiger charge is -2.15. The molecule has 5 nitrogen and oxygen atoms in total. The van der Waals surface area contributed by atoms with E-state index in [2.05, 4.69) is 5.32 Å². The van der Waals surface area contributed by atoms with Gasteiger partial charge in [-0.2, -0.15) is 0 Å². The van der Waals surface area contributed by atoms with E-state index in [1.165, 1.54) is 0 Å². The van der Waals surface area contributed by atoms with Crippen LogP contribution in [0.3, 0.4) is 0 Å². The summed E-state index contributed by atoms with van der Waals surface area (Å²) in [5.41, 5.74) is 0.966. The van der Waals surface area contributed by atoms with Gasteiger partial charge in [0.15, 0.2) is 0 Å². The second-order valence-electron chi connectivity index (χ2n) is 4.19. The molecule has 1 aromatic rings. The van der Waals surface area contributed by atoms with E-state index in [0.29, 0.717) is 19.6 Å². The first-order valence-electron chi connectivity index (χ1n) is 6.28. The monoisotopic (exact) mass is 266 g/mol. The van der Waals surface area contributed by atoms with Crippen LogP contribution in [0, 0.1) is 0 Å². The number of hydrogen-bond acceptors (Lipinski definition) is 4. The van der Waals surface area contributed by atoms with Crippen LogP contribution in [-0.2, 0) is 11.3 Å². The van der Waals surface area contributed by atoms with Gasteiger partial charge >= 0.3 is 0 Å². The van der Waals surface area contributed by atoms with Crippen LogP contribution in [0.5, 0.6) is 11.5 Å². The van der Waals surface area contributed by atoms with Crippen molar-refractivity contribution in [2.45, 2.75) is 13.5 Å². The van der Waals surface area contributed by atoms with E-state index in [1.54, 1.807) is 26.2 Å². The Morgan fingerprint density at radius 1 is 1.32 bits per heavy atom. The maximum Gasteiger partial charge on any atom is 0.236 e. The summed E-state index contributed by atoms with van der Waals surface area (Å²) in [6.45, 7) is 3.53. The summed E-state index contributed by atoms with van der Waals surface area (Å²) in [6, 6.07) is 5.61. The molecule has 1 rings (SSSR count). The lowest BCUT2D eigenvalue weighted by Crippen LogP contribution is -2.35. The predicted molar refractivity (Wildman–Crippen MR) is 74.6 cm³/mol. The number of methoxy groups -OCH3 is 2. The van der Waals surface area contributed by atoms with Crippen LogP contribution in [0.25, 0.3) is 0 Å². The fourth-order valence-corrected chi connectivity index (χ4v) is 1.64. The van der Waals surface area contributed by atoms with E-state index >= 15 is 0 Å². The summed E-state index contributed by atoms with van der Waals surface area (Å²) in [4.78, 5) is 13.3. The molecule has 1 aromatic carbocycles. The van der Waals surface area contributed by atoms with Gasteiger partial charge in [-0.25, -0.2) is 0 Å². The van der Waals surface area contributed by atoms with Crippen molar-refractivity contribution in [1.29, 1.82) is 0 Å². The Balaban J connectivity index is 2.59. The van der Waals surface area contributed by atoms with Gasteiger partial charge in [-0.05, 0) is 25.1 Å². The van der Waals surface area contributed by atoms with Gasteiger partial charge in [0.1, 0.15) is 11.5 Å². The summed E-state index contributed by atoms with van der Waals surface area (Å²) >= 11 is 0. The molecule has 0 aliphatic rings. The van der Waals surface area contributed by atoms with Crippen molar-refractivity contribution in [2.24, 2.45) is 0 Å². The molecule has 5 heteroatoms. The van der Waals surface area contributed by atoms with Gasteiger partial charge in [0.25, 0.3) is 0 Å². The van der Waals surface area contributed by atoms with Crippen molar-refractivity contribution in [3.63, 3.8) is 0 Å². The highest BCUT2D eigenvalue weighted by molar-refractivity contribution is 5.77. The van der Waals surface area contributed by atoms with Gasteiger partial charge in [0.05, 0.1) is 20.8 Å². The molecule has 0 unspecified atom stereocenters. The van der Waals surface area contributed by atoms with Crippen molar-refractivity contribution >= 4 is 5.91 Å². The summed E-state index contributed by atoms with van der Waals surface area (Å²) in [5.74, 6) is 1.63. The molecule has 0 aliphatic heterocycles. The van der Waals surface area contributed by atoms with Gasteiger partial charge in [0.2, 0.25) is 5.91 Å². The number of likely N-dealkylation sites (N-methyl/N-ethyl adjacent to an activating group) is 1. The molecule has 0 saturated heterocycles. The molecule has 0 atom stereocenters. The highest BCUT2D eigenvalue weighted by atomic mass is 16.5. The minimum absolute atomic E-state index is 0.0735. The molecule has 0 bridgehead atoms. The Kier molecular flexibility index (Phi) is 6.15. The first-order chi connectivity index (χ1) is 9.12. The predicted octanol–water partition coefficient (Wildman–Crippen LogP) is 1.27. The van der Waals surface area contributed by atoms with Gasteiger partial charge in [-0.15, -0.1) is 0 Å². The van der Waals surface area contributed by atoms with Crippen molar-refractivity contribution in [1.82, 2.24) is 10.2 Å². The third kappa shape index (κ3) is 4.44. The third-order valence-corrected chi connectivity index (χ3v) is 2.98. The summed E-state index contributed by atoms with van der Waals surface area (Å²) in [7, 11) is 5.04. The normalized spacial score (nSPS) is 10.1. The Labute approximate surface area is 114 Å². The molecule has 0 heterocycles. The zero-order valence-corrected chi connectivity index (χ0v) is 12.0. The van der Waals surface area contributed by atoms with Crippen LogP contribution >= 0.6 is 0 Å². The summed E-state index contributed by atoms with van der Waals surface area (Å²) in [6.07, 6.45) is 0. The van der Waals surface area contributed by atoms with E-state index < -0.39 is 0 Å². The van der Waals surface area contributed by atoms with Crippen molar-refractivity contribution in [2.75, 3.05) is 34.4 Å². The number of carbonyl (C=O) groups excluding carboxylic acids is 1. The zero-order chi connectivity index (χ0) is 14.3. The Hall–Kier alpha value is -1.75. The number of rotatable bonds is 7. The maximum absolute atomic E-state index is 11.6. The largest absolute Gasteiger partial charge is 0.497 e. The Morgan fingerprint density at radius 3 is 2.63 bits per heavy atom. The number of nitrogens with one attached hydrogen (secondary N) is 1. The smallest absolute Gasteiger partial charge is 0.236 e. The van der Waals surface area contributed by atoms with Gasteiger partial charge < -0.3 is 19.7 Å². The van der Waals surface area contributed by atoms with Gasteiger partial charge in [-0.3, -0.25) is 4.79 Å². The topological polar surface area (TPSA) is 50.8 Å². The van der Waals surface area contributed by atoms with E-state index in [-0.39, 0.29) is 5.91 Å². The molecule has 1 N–H and O–H groups in total. The molecular formula is C14H22N2O3. The van der Waals surface area contributed by atoms with Crippen molar-refractivity contribution in [3.05, 3.63) is 23.8 Å². The van der Waals surface area contributed by atoms with Crippen molar-refractivity contribution in [3.8, 4) is 11.5 Å². The number of carbonyl (C=O) groups is 1. The van der Waals surface area contributed by atoms with Crippen LogP contribution in [0.4, 0.5) is 0 Å². The van der Waals surface area contributed by atoms with Gasteiger partial charge in [-0.1, -0.05) is 0 Å². The minimum Gasteiger partial charge on any atom is -0.497 e. The van der Waals surface area contributed by atoms with Gasteiger partial charge in [0, 0.05) is 25.7 Å². The van der Waals surface area contributed by atoms with E-state index in [0.717, 1.165) is 17.1 Å². The minimum atomic E-state index is 0.0735. The number of benzene rings is 1. The van der Waals surface area contributed by atoms with E-state index in [4.69, 9.17) is 9.47 Å². The molecule has 0 fully saturated rings. The molecule has 0 spiro atoms. The number of ether oxygens (including phenoxy) is 2. The first kappa shape index (κ1) is 15.3. The number of hydrogen-bond donors (Lipinski definition) is 1. The number of nitrogens with zero attached hydrogens (tertiary/aromatic N) is 1. The highest BCUT2D eigenvalue weighted by Gasteiger charge is 2.08. The first-order valence-corrected chi connectivity index (χ1v) is 6.28. The van der Waals surface area contributed by atoms with Crippen LogP contribution in [-0.4, -0.2) is 45.2 Å². The maximum atomic E-state index is 11.6. The molecule has 0 aliphatic carbocycles. The van der Waals surface area contributed by atoms with Crippen LogP contribution in [0.2, 0.25) is 0 Å². The molecule has 19 heavy (non-hydrogen) atoms. The summed E-state index contributed by atoms with van der Waals surface area (Å²) < 4.78 is 10.5. The fraction of sp³-hybridized carbons (Fsp3) is 0.500. The lowest BCUT2D eigenvalue weighted by atomic mass is 10.2. The van der Waals surface area contributed by atoms with Crippen LogP contribution in [0.1, 0.15) is 12.5 Å². The molecule has 0 radical (unpaired) electrons. The van der Waals surface area contributed by atoms with E-state index in [9.17, 15) is 4.79 Å². The molecule has 106 valence electrons. The fourth-order valence-electron chi connectivity index (χ4n) is 1.64. The second kappa shape index (κ2) is 7.63. The highest BCUT2D eigenvalue weighted by Crippen LogP contribution is 2.23. The SMILES string of the molecule is CCN(C)C(=O)CNCc1cc(OC)ccc1OC. The third-order valence-electron chi connectivity index (χ3n) is 2.98. The summed E-state index contributed by atoms with van der Waals surface area (Å²) in [5, 5.41) is 3.12. The average Bonchev–Trinajstić information content (AvgIpc) is 2.45. The standard InChI is InChI=1S/C14H22N2O3/c1-5-16(2)14(17)10-15-9-11-8-12(18-3)6-7-13(11)19-4/h6-8,15H,5,9-10H2,1-4H3. The number of amides is 1. The molecule has 0 aromatic heterocycles. The zero-order valence-electron chi connectivity index (χ0n) is 12.0. The quantitative estimate of drug-likeness (QED) is 0.807. The molecule has 1 amide bonds. The van der Waals surface area contributed by atoms with Crippen LogP contribution < -0.4 is 14.8 Å². The van der Waals surface area contributed by atoms with Crippen molar-refractivity contribution < 1.29 is 14.3 Å². The second-order valence-corrected chi connectivity index (χ2v) is 4.19.